The molecule has 2 heterocycles. The van der Waals surface area contributed by atoms with Crippen LogP contribution in [0.3, 0.4) is 0 Å². The van der Waals surface area contributed by atoms with Gasteiger partial charge in [-0.15, -0.1) is 0 Å². The molecule has 7 nitrogen and oxygen atoms in total. The molecule has 9 heteroatoms. The van der Waals surface area contributed by atoms with E-state index in [0.717, 1.165) is 36.4 Å². The van der Waals surface area contributed by atoms with Gasteiger partial charge in [-0.05, 0) is 50.6 Å². The zero-order valence-electron chi connectivity index (χ0n) is 18.5. The fourth-order valence-corrected chi connectivity index (χ4v) is 4.25. The van der Waals surface area contributed by atoms with Crippen molar-refractivity contribution >= 4 is 11.6 Å². The van der Waals surface area contributed by atoms with Crippen LogP contribution in [0.15, 0.2) is 53.3 Å². The molecule has 0 radical (unpaired) electrons. The Bertz CT molecular complexity index is 1170. The molecule has 0 unspecified atom stereocenters. The number of nitrogens with zero attached hydrogens (tertiary/aromatic N) is 4. The van der Waals surface area contributed by atoms with Crippen LogP contribution < -0.4 is 11.0 Å². The number of carbonyl (C=O) groups is 1. The van der Waals surface area contributed by atoms with Gasteiger partial charge in [-0.2, -0.15) is 5.10 Å². The first-order chi connectivity index (χ1) is 15.9. The van der Waals surface area contributed by atoms with Gasteiger partial charge >= 0.3 is 5.69 Å². The summed E-state index contributed by atoms with van der Waals surface area (Å²) >= 11 is 0. The summed E-state index contributed by atoms with van der Waals surface area (Å²) < 4.78 is 30.1. The monoisotopic (exact) mass is 455 g/mol. The van der Waals surface area contributed by atoms with Crippen LogP contribution in [0.25, 0.3) is 0 Å². The Kier molecular flexibility index (Phi) is 6.98. The summed E-state index contributed by atoms with van der Waals surface area (Å²) in [7, 11) is 0. The number of amides is 1. The minimum absolute atomic E-state index is 0.0350. The molecule has 0 aliphatic carbocycles. The van der Waals surface area contributed by atoms with Crippen LogP contribution in [0.1, 0.15) is 37.1 Å². The molecule has 0 bridgehead atoms. The minimum Gasteiger partial charge on any atom is -0.322 e. The number of piperidine rings is 1. The molecular weight excluding hydrogens is 428 g/mol. The molecule has 1 aliphatic rings. The van der Waals surface area contributed by atoms with E-state index in [9.17, 15) is 18.4 Å². The fourth-order valence-electron chi connectivity index (χ4n) is 4.25. The van der Waals surface area contributed by atoms with Crippen molar-refractivity contribution in [3.05, 3.63) is 82.0 Å². The van der Waals surface area contributed by atoms with Crippen molar-refractivity contribution in [3.63, 3.8) is 0 Å². The summed E-state index contributed by atoms with van der Waals surface area (Å²) in [6, 6.07) is 12.8. The Morgan fingerprint density at radius 1 is 1.12 bits per heavy atom. The second kappa shape index (κ2) is 10.1. The predicted octanol–water partition coefficient (Wildman–Crippen LogP) is 3.21. The van der Waals surface area contributed by atoms with Crippen molar-refractivity contribution in [3.8, 4) is 0 Å². The molecule has 33 heavy (non-hydrogen) atoms. The van der Waals surface area contributed by atoms with Gasteiger partial charge in [0.1, 0.15) is 17.5 Å². The number of halogens is 2. The number of nitrogens with one attached hydrogen (secondary N) is 1. The third-order valence-corrected chi connectivity index (χ3v) is 5.97. The highest BCUT2D eigenvalue weighted by Crippen LogP contribution is 2.26. The van der Waals surface area contributed by atoms with Crippen LogP contribution in [0, 0.1) is 11.6 Å². The molecule has 174 valence electrons. The number of aromatic nitrogens is 3. The molecule has 1 amide bonds. The standard InChI is InChI=1S/C24H27F2N5O2/c1-2-30-23(28-31(24(30)33)15-17-6-4-3-5-7-17)18-10-12-29(13-11-18)16-22(32)27-21-9-8-19(25)14-20(21)26/h3-9,14,18H,2,10-13,15-16H2,1H3,(H,27,32). The quantitative estimate of drug-likeness (QED) is 0.594. The molecule has 1 N–H and O–H groups in total. The summed E-state index contributed by atoms with van der Waals surface area (Å²) in [5.74, 6) is -0.925. The number of anilines is 1. The van der Waals surface area contributed by atoms with E-state index in [-0.39, 0.29) is 29.7 Å². The molecule has 3 aromatic rings. The van der Waals surface area contributed by atoms with Crippen LogP contribution in [0.2, 0.25) is 0 Å². The van der Waals surface area contributed by atoms with Crippen LogP contribution in [-0.4, -0.2) is 44.8 Å². The van der Waals surface area contributed by atoms with Crippen LogP contribution in [0.4, 0.5) is 14.5 Å². The summed E-state index contributed by atoms with van der Waals surface area (Å²) in [6.07, 6.45) is 1.53. The van der Waals surface area contributed by atoms with E-state index in [1.54, 1.807) is 4.57 Å². The van der Waals surface area contributed by atoms with Crippen LogP contribution in [0.5, 0.6) is 0 Å². The first-order valence-corrected chi connectivity index (χ1v) is 11.1. The van der Waals surface area contributed by atoms with Gasteiger partial charge in [0.05, 0.1) is 18.8 Å². The van der Waals surface area contributed by atoms with Gasteiger partial charge in [0.25, 0.3) is 0 Å². The van der Waals surface area contributed by atoms with E-state index < -0.39 is 11.6 Å². The van der Waals surface area contributed by atoms with Crippen molar-refractivity contribution in [2.75, 3.05) is 25.0 Å². The molecule has 0 spiro atoms. The predicted molar refractivity (Wildman–Crippen MR) is 121 cm³/mol. The second-order valence-electron chi connectivity index (χ2n) is 8.25. The third kappa shape index (κ3) is 5.36. The molecule has 0 saturated carbocycles. The average Bonchev–Trinajstić information content (AvgIpc) is 3.12. The molecule has 1 aliphatic heterocycles. The maximum atomic E-state index is 13.8. The molecule has 2 aromatic carbocycles. The number of hydrogen-bond donors (Lipinski definition) is 1. The minimum atomic E-state index is -0.800. The van der Waals surface area contributed by atoms with Gasteiger partial charge < -0.3 is 5.32 Å². The highest BCUT2D eigenvalue weighted by molar-refractivity contribution is 5.92. The Morgan fingerprint density at radius 2 is 1.85 bits per heavy atom. The Balaban J connectivity index is 1.37. The van der Waals surface area contributed by atoms with Crippen LogP contribution >= 0.6 is 0 Å². The van der Waals surface area contributed by atoms with Gasteiger partial charge in [-0.1, -0.05) is 30.3 Å². The summed E-state index contributed by atoms with van der Waals surface area (Å²) in [4.78, 5) is 27.2. The zero-order valence-corrected chi connectivity index (χ0v) is 18.5. The van der Waals surface area contributed by atoms with Gasteiger partial charge in [-0.3, -0.25) is 14.3 Å². The lowest BCUT2D eigenvalue weighted by Crippen LogP contribution is -2.39. The van der Waals surface area contributed by atoms with E-state index in [1.807, 2.05) is 42.2 Å². The van der Waals surface area contributed by atoms with Crippen LogP contribution in [-0.2, 0) is 17.9 Å². The van der Waals surface area contributed by atoms with Gasteiger partial charge in [0, 0.05) is 18.5 Å². The number of benzene rings is 2. The second-order valence-corrected chi connectivity index (χ2v) is 8.25. The van der Waals surface area contributed by atoms with Crippen molar-refractivity contribution in [1.29, 1.82) is 0 Å². The lowest BCUT2D eigenvalue weighted by atomic mass is 9.96. The molecule has 1 aromatic heterocycles. The number of carbonyl (C=O) groups excluding carboxylic acids is 1. The summed E-state index contributed by atoms with van der Waals surface area (Å²) in [6.45, 7) is 4.36. The Hall–Kier alpha value is -3.33. The molecule has 1 saturated heterocycles. The fraction of sp³-hybridized carbons (Fsp3) is 0.375. The molecule has 1 fully saturated rings. The van der Waals surface area contributed by atoms with E-state index in [2.05, 4.69) is 10.4 Å². The maximum absolute atomic E-state index is 13.8. The van der Waals surface area contributed by atoms with E-state index in [1.165, 1.54) is 10.7 Å². The Morgan fingerprint density at radius 3 is 2.52 bits per heavy atom. The zero-order chi connectivity index (χ0) is 23.4. The van der Waals surface area contributed by atoms with Gasteiger partial charge in [0.15, 0.2) is 0 Å². The maximum Gasteiger partial charge on any atom is 0.346 e. The largest absolute Gasteiger partial charge is 0.346 e. The van der Waals surface area contributed by atoms with Crippen molar-refractivity contribution in [2.24, 2.45) is 0 Å². The average molecular weight is 456 g/mol. The van der Waals surface area contributed by atoms with E-state index in [4.69, 9.17) is 0 Å². The SMILES string of the molecule is CCn1c(C2CCN(CC(=O)Nc3ccc(F)cc3F)CC2)nn(Cc2ccccc2)c1=O. The van der Waals surface area contributed by atoms with Gasteiger partial charge in [0.2, 0.25) is 5.91 Å². The highest BCUT2D eigenvalue weighted by atomic mass is 19.1. The van der Waals surface area contributed by atoms with Crippen molar-refractivity contribution < 1.29 is 13.6 Å². The Labute approximate surface area is 190 Å². The van der Waals surface area contributed by atoms with Gasteiger partial charge in [-0.25, -0.2) is 18.3 Å². The first-order valence-electron chi connectivity index (χ1n) is 11.1. The lowest BCUT2D eigenvalue weighted by Gasteiger charge is -2.30. The third-order valence-electron chi connectivity index (χ3n) is 5.97. The van der Waals surface area contributed by atoms with E-state index >= 15 is 0 Å². The van der Waals surface area contributed by atoms with Crippen molar-refractivity contribution in [2.45, 2.75) is 38.8 Å². The number of hydrogen-bond acceptors (Lipinski definition) is 4. The molecular formula is C24H27F2N5O2. The topological polar surface area (TPSA) is 72.2 Å². The highest BCUT2D eigenvalue weighted by Gasteiger charge is 2.27. The number of rotatable bonds is 7. The molecule has 4 rings (SSSR count). The lowest BCUT2D eigenvalue weighted by molar-refractivity contribution is -0.117. The number of likely N-dealkylation sites (tertiary alicyclic amines) is 1. The molecule has 0 atom stereocenters. The smallest absolute Gasteiger partial charge is 0.322 e. The normalized spacial score (nSPS) is 15.0. The summed E-state index contributed by atoms with van der Waals surface area (Å²) in [5.41, 5.74) is 0.872. The summed E-state index contributed by atoms with van der Waals surface area (Å²) in [5, 5.41) is 7.15. The first kappa shape index (κ1) is 22.8. The van der Waals surface area contributed by atoms with E-state index in [0.29, 0.717) is 26.2 Å². The van der Waals surface area contributed by atoms with Crippen molar-refractivity contribution in [1.82, 2.24) is 19.2 Å².